The quantitative estimate of drug-likeness (QED) is 0.748. The van der Waals surface area contributed by atoms with Gasteiger partial charge >= 0.3 is 0 Å². The van der Waals surface area contributed by atoms with Gasteiger partial charge in [0.25, 0.3) is 0 Å². The van der Waals surface area contributed by atoms with Gasteiger partial charge in [-0.2, -0.15) is 0 Å². The number of furan rings is 1. The lowest BCUT2D eigenvalue weighted by Crippen LogP contribution is -2.09. The van der Waals surface area contributed by atoms with Crippen molar-refractivity contribution in [2.45, 2.75) is 39.2 Å². The summed E-state index contributed by atoms with van der Waals surface area (Å²) in [6.45, 7) is 4.20. The molecule has 1 heterocycles. The Kier molecular flexibility index (Phi) is 3.35. The molecule has 1 atom stereocenters. The van der Waals surface area contributed by atoms with Crippen LogP contribution in [-0.2, 0) is 0 Å². The summed E-state index contributed by atoms with van der Waals surface area (Å²) in [6, 6.07) is 2.04. The molecule has 12 heavy (non-hydrogen) atoms. The second-order valence-corrected chi connectivity index (χ2v) is 3.22. The summed E-state index contributed by atoms with van der Waals surface area (Å²) in [6.07, 6.45) is 5.08. The summed E-state index contributed by atoms with van der Waals surface area (Å²) in [4.78, 5) is 0. The molecule has 1 aromatic rings. The van der Waals surface area contributed by atoms with Crippen LogP contribution in [0.5, 0.6) is 0 Å². The molecule has 0 aliphatic heterocycles. The summed E-state index contributed by atoms with van der Waals surface area (Å²) in [5.74, 6) is 0.948. The average molecular weight is 167 g/mol. The fraction of sp³-hybridized carbons (Fsp3) is 0.600. The maximum absolute atomic E-state index is 5.93. The lowest BCUT2D eigenvalue weighted by Gasteiger charge is -2.08. The molecule has 0 spiro atoms. The van der Waals surface area contributed by atoms with Crippen molar-refractivity contribution in [1.29, 1.82) is 0 Å². The molecule has 2 nitrogen and oxygen atoms in total. The van der Waals surface area contributed by atoms with E-state index < -0.39 is 0 Å². The number of nitrogens with two attached hydrogens (primary N) is 1. The Morgan fingerprint density at radius 2 is 2.33 bits per heavy atom. The minimum atomic E-state index is 0.0833. The van der Waals surface area contributed by atoms with Gasteiger partial charge in [0.05, 0.1) is 12.3 Å². The van der Waals surface area contributed by atoms with E-state index in [9.17, 15) is 0 Å². The lowest BCUT2D eigenvalue weighted by atomic mass is 10.1. The van der Waals surface area contributed by atoms with Gasteiger partial charge in [0.2, 0.25) is 0 Å². The monoisotopic (exact) mass is 167 g/mol. The highest BCUT2D eigenvalue weighted by Gasteiger charge is 2.10. The van der Waals surface area contributed by atoms with Crippen LogP contribution in [0.3, 0.4) is 0 Å². The maximum Gasteiger partial charge on any atom is 0.123 e. The second kappa shape index (κ2) is 4.31. The van der Waals surface area contributed by atoms with Crippen LogP contribution in [0, 0.1) is 6.92 Å². The molecule has 0 aliphatic carbocycles. The molecule has 2 heteroatoms. The van der Waals surface area contributed by atoms with E-state index in [0.29, 0.717) is 0 Å². The van der Waals surface area contributed by atoms with Crippen LogP contribution in [0.4, 0.5) is 0 Å². The van der Waals surface area contributed by atoms with Crippen molar-refractivity contribution in [3.8, 4) is 0 Å². The molecule has 0 aromatic carbocycles. The molecular weight excluding hydrogens is 150 g/mol. The predicted molar refractivity (Wildman–Crippen MR) is 49.9 cm³/mol. The number of hydrogen-bond donors (Lipinski definition) is 1. The highest BCUT2D eigenvalue weighted by atomic mass is 16.3. The average Bonchev–Trinajstić information content (AvgIpc) is 2.47. The predicted octanol–water partition coefficient (Wildman–Crippen LogP) is 2.78. The van der Waals surface area contributed by atoms with E-state index in [0.717, 1.165) is 12.2 Å². The van der Waals surface area contributed by atoms with Crippen LogP contribution < -0.4 is 5.73 Å². The third kappa shape index (κ3) is 2.11. The van der Waals surface area contributed by atoms with E-state index in [1.54, 1.807) is 6.26 Å². The van der Waals surface area contributed by atoms with Crippen molar-refractivity contribution in [3.05, 3.63) is 23.7 Å². The first-order chi connectivity index (χ1) is 5.75. The van der Waals surface area contributed by atoms with Gasteiger partial charge in [-0.05, 0) is 25.0 Å². The normalized spacial score (nSPS) is 13.2. The molecule has 0 aliphatic rings. The number of aryl methyl sites for hydroxylation is 1. The molecule has 0 bridgehead atoms. The molecule has 0 saturated heterocycles. The Bertz CT molecular complexity index is 229. The largest absolute Gasteiger partial charge is 0.467 e. The molecule has 0 radical (unpaired) electrons. The topological polar surface area (TPSA) is 39.2 Å². The van der Waals surface area contributed by atoms with Gasteiger partial charge in [-0.3, -0.25) is 0 Å². The van der Waals surface area contributed by atoms with Crippen LogP contribution >= 0.6 is 0 Å². The third-order valence-electron chi connectivity index (χ3n) is 2.11. The van der Waals surface area contributed by atoms with Crippen molar-refractivity contribution in [1.82, 2.24) is 0 Å². The van der Waals surface area contributed by atoms with Gasteiger partial charge in [0.1, 0.15) is 5.76 Å². The van der Waals surface area contributed by atoms with Gasteiger partial charge < -0.3 is 10.2 Å². The zero-order valence-corrected chi connectivity index (χ0v) is 7.84. The number of unbranched alkanes of at least 4 members (excludes halogenated alkanes) is 1. The smallest absolute Gasteiger partial charge is 0.123 e. The van der Waals surface area contributed by atoms with Crippen LogP contribution in [-0.4, -0.2) is 0 Å². The molecule has 1 aromatic heterocycles. The molecule has 0 saturated carbocycles. The molecule has 68 valence electrons. The van der Waals surface area contributed by atoms with Crippen molar-refractivity contribution in [2.24, 2.45) is 5.73 Å². The van der Waals surface area contributed by atoms with Crippen molar-refractivity contribution < 1.29 is 4.42 Å². The minimum Gasteiger partial charge on any atom is -0.467 e. The van der Waals surface area contributed by atoms with Crippen LogP contribution in [0.2, 0.25) is 0 Å². The highest BCUT2D eigenvalue weighted by Crippen LogP contribution is 2.20. The Morgan fingerprint density at radius 3 is 2.83 bits per heavy atom. The Balaban J connectivity index is 2.52. The van der Waals surface area contributed by atoms with Gasteiger partial charge in [0, 0.05) is 0 Å². The van der Waals surface area contributed by atoms with Crippen LogP contribution in [0.1, 0.15) is 43.6 Å². The standard InChI is InChI=1S/C10H17NO/c1-3-4-5-9(11)10-8(2)6-7-12-10/h6-7,9H,3-5,11H2,1-2H3. The zero-order chi connectivity index (χ0) is 8.97. The lowest BCUT2D eigenvalue weighted by molar-refractivity contribution is 0.442. The van der Waals surface area contributed by atoms with E-state index >= 15 is 0 Å². The van der Waals surface area contributed by atoms with E-state index in [1.165, 1.54) is 18.4 Å². The van der Waals surface area contributed by atoms with Crippen LogP contribution in [0.25, 0.3) is 0 Å². The number of hydrogen-bond acceptors (Lipinski definition) is 2. The van der Waals surface area contributed by atoms with E-state index in [4.69, 9.17) is 10.2 Å². The van der Waals surface area contributed by atoms with Gasteiger partial charge in [-0.1, -0.05) is 19.8 Å². The Hall–Kier alpha value is -0.760. The summed E-state index contributed by atoms with van der Waals surface area (Å²) in [5.41, 5.74) is 7.10. The Morgan fingerprint density at radius 1 is 1.58 bits per heavy atom. The molecule has 0 fully saturated rings. The minimum absolute atomic E-state index is 0.0833. The summed E-state index contributed by atoms with van der Waals surface area (Å²) in [7, 11) is 0. The van der Waals surface area contributed by atoms with Crippen LogP contribution in [0.15, 0.2) is 16.7 Å². The first-order valence-corrected chi connectivity index (χ1v) is 4.55. The summed E-state index contributed by atoms with van der Waals surface area (Å²) in [5, 5.41) is 0. The van der Waals surface area contributed by atoms with Crippen molar-refractivity contribution >= 4 is 0 Å². The SMILES string of the molecule is CCCCC(N)c1occc1C. The summed E-state index contributed by atoms with van der Waals surface area (Å²) >= 11 is 0. The third-order valence-corrected chi connectivity index (χ3v) is 2.11. The van der Waals surface area contributed by atoms with E-state index in [-0.39, 0.29) is 6.04 Å². The first kappa shape index (κ1) is 9.33. The van der Waals surface area contributed by atoms with Crippen molar-refractivity contribution in [3.63, 3.8) is 0 Å². The Labute approximate surface area is 73.8 Å². The molecular formula is C10H17NO. The fourth-order valence-corrected chi connectivity index (χ4v) is 1.32. The van der Waals surface area contributed by atoms with E-state index in [1.807, 2.05) is 13.0 Å². The van der Waals surface area contributed by atoms with Gasteiger partial charge in [-0.15, -0.1) is 0 Å². The van der Waals surface area contributed by atoms with Gasteiger partial charge in [0.15, 0.2) is 0 Å². The molecule has 1 rings (SSSR count). The summed E-state index contributed by atoms with van der Waals surface area (Å²) < 4.78 is 5.30. The molecule has 2 N–H and O–H groups in total. The highest BCUT2D eigenvalue weighted by molar-refractivity contribution is 5.17. The van der Waals surface area contributed by atoms with Crippen molar-refractivity contribution in [2.75, 3.05) is 0 Å². The number of rotatable bonds is 4. The van der Waals surface area contributed by atoms with Gasteiger partial charge in [-0.25, -0.2) is 0 Å². The second-order valence-electron chi connectivity index (χ2n) is 3.22. The van der Waals surface area contributed by atoms with E-state index in [2.05, 4.69) is 6.92 Å². The fourth-order valence-electron chi connectivity index (χ4n) is 1.32. The molecule has 0 amide bonds. The first-order valence-electron chi connectivity index (χ1n) is 4.55. The maximum atomic E-state index is 5.93. The zero-order valence-electron chi connectivity index (χ0n) is 7.84. The molecule has 1 unspecified atom stereocenters.